The summed E-state index contributed by atoms with van der Waals surface area (Å²) in [5, 5.41) is 89.9. The first-order valence-corrected chi connectivity index (χ1v) is 51.5. The average molecular weight is 1960 g/mol. The Bertz CT molecular complexity index is 3450. The lowest BCUT2D eigenvalue weighted by Crippen LogP contribution is -2.55. The first-order chi connectivity index (χ1) is 60.3. The van der Waals surface area contributed by atoms with Gasteiger partial charge in [-0.25, -0.2) is 37.8 Å². The van der Waals surface area contributed by atoms with Gasteiger partial charge in [0.05, 0.1) is 142 Å². The second-order valence-corrected chi connectivity index (χ2v) is 40.2. The molecule has 2 aromatic rings. The highest BCUT2D eigenvalue weighted by atomic mass is 31.2. The van der Waals surface area contributed by atoms with Gasteiger partial charge in [-0.3, -0.25) is 54.4 Å². The lowest BCUT2D eigenvalue weighted by Gasteiger charge is -2.40. The summed E-state index contributed by atoms with van der Waals surface area (Å²) >= 11 is 0. The van der Waals surface area contributed by atoms with Crippen LogP contribution in [0.1, 0.15) is 130 Å². The molecule has 0 spiro atoms. The molecule has 50 nitrogen and oxygen atoms in total. The van der Waals surface area contributed by atoms with Gasteiger partial charge in [-0.1, -0.05) is 59.3 Å². The van der Waals surface area contributed by atoms with Gasteiger partial charge in [-0.2, -0.15) is 0 Å². The van der Waals surface area contributed by atoms with Gasteiger partial charge in [0.2, 0.25) is 0 Å². The number of aromatic nitrogens is 4. The summed E-state index contributed by atoms with van der Waals surface area (Å²) in [4.78, 5) is 75.7. The van der Waals surface area contributed by atoms with Crippen molar-refractivity contribution in [3.05, 3.63) is 12.7 Å². The van der Waals surface area contributed by atoms with E-state index in [1.165, 1.54) is 24.3 Å². The Kier molecular flexibility index (Phi) is 52.6. The van der Waals surface area contributed by atoms with Gasteiger partial charge in [-0.05, 0) is 57.8 Å². The number of nitrogens with two attached hydrogens (primary N) is 1. The van der Waals surface area contributed by atoms with Crippen molar-refractivity contribution in [1.29, 1.82) is 0 Å². The Morgan fingerprint density at radius 2 is 0.803 bits per heavy atom. The Labute approximate surface area is 736 Å². The van der Waals surface area contributed by atoms with Crippen molar-refractivity contribution >= 4 is 63.7 Å². The largest absolute Gasteiger partial charge is 0.474 e. The molecule has 0 amide bonds. The smallest absolute Gasteiger partial charge is 0.394 e. The molecule has 4 fully saturated rings. The first-order valence-electron chi connectivity index (χ1n) is 42.0. The monoisotopic (exact) mass is 1960 g/mol. The van der Waals surface area contributed by atoms with Gasteiger partial charge in [0.1, 0.15) is 66.9 Å². The fourth-order valence-corrected chi connectivity index (χ4v) is 17.6. The van der Waals surface area contributed by atoms with E-state index in [1.807, 2.05) is 0 Å². The average Bonchev–Trinajstić information content (AvgIpc) is 1.55. The summed E-state index contributed by atoms with van der Waals surface area (Å²) in [6, 6.07) is 0. The molecule has 127 heavy (non-hydrogen) atoms. The third-order valence-electron chi connectivity index (χ3n) is 20.4. The molecule has 6 heterocycles. The summed E-state index contributed by atoms with van der Waals surface area (Å²) in [7, 11) is -26.7. The summed E-state index contributed by atoms with van der Waals surface area (Å²) in [5.41, 5.74) is 4.84. The number of anilines is 1. The number of phosphoric acid groups is 5. The molecular weight excluding hydrogens is 1830 g/mol. The number of hydrogen-bond acceptors (Lipinski definition) is 43. The minimum absolute atomic E-state index is 0.0379. The zero-order valence-electron chi connectivity index (χ0n) is 72.1. The summed E-state index contributed by atoms with van der Waals surface area (Å²) in [5.74, 6) is -2.34. The fraction of sp³-hybridized carbons (Fsp3) is 0.930. The summed E-state index contributed by atoms with van der Waals surface area (Å²) in [6.45, 7) is -2.16. The third-order valence-corrected chi connectivity index (χ3v) is 26.0. The van der Waals surface area contributed by atoms with Crippen molar-refractivity contribution in [3.8, 4) is 0 Å². The van der Waals surface area contributed by atoms with Crippen LogP contribution in [0.5, 0.6) is 0 Å². The molecule has 0 bridgehead atoms. The minimum atomic E-state index is -5.16. The van der Waals surface area contributed by atoms with Gasteiger partial charge in [0.15, 0.2) is 43.9 Å². The second kappa shape index (κ2) is 58.7. The zero-order valence-corrected chi connectivity index (χ0v) is 77.5. The van der Waals surface area contributed by atoms with Gasteiger partial charge >= 0.3 is 46.7 Å². The summed E-state index contributed by atoms with van der Waals surface area (Å²) < 4.78 is 211. The molecular formula is C71H135N5O45P6. The molecule has 2 aromatic heterocycles. The summed E-state index contributed by atoms with van der Waals surface area (Å²) in [6.07, 6.45) is -7.84. The van der Waals surface area contributed by atoms with E-state index < -0.39 is 234 Å². The number of aliphatic hydroxyl groups is 9. The molecule has 25 atom stereocenters. The predicted molar refractivity (Wildman–Crippen MR) is 438 cm³/mol. The topological polar surface area (TPSA) is 697 Å². The van der Waals surface area contributed by atoms with Crippen molar-refractivity contribution < 1.29 is 214 Å². The highest BCUT2D eigenvalue weighted by molar-refractivity contribution is 7.52. The molecule has 6 rings (SSSR count). The molecule has 4 aliphatic heterocycles. The Balaban J connectivity index is 1.03. The molecule has 56 heteroatoms. The number of unbranched alkanes of at least 4 members (excludes halogenated alkanes) is 9. The number of nitrogen functional groups attached to an aromatic ring is 1. The van der Waals surface area contributed by atoms with Gasteiger partial charge < -0.3 is 147 Å². The van der Waals surface area contributed by atoms with Gasteiger partial charge in [0.25, 0.3) is 0 Å². The number of rotatable bonds is 72. The van der Waals surface area contributed by atoms with Crippen molar-refractivity contribution in [2.75, 3.05) is 185 Å². The second-order valence-electron chi connectivity index (χ2n) is 31.1. The number of aliphatic hydroxyl groups excluding tert-OH is 9. The van der Waals surface area contributed by atoms with E-state index in [9.17, 15) is 103 Å². The molecule has 0 aliphatic carbocycles. The Morgan fingerprint density at radius 1 is 0.433 bits per heavy atom. The highest BCUT2D eigenvalue weighted by Gasteiger charge is 2.47. The van der Waals surface area contributed by atoms with Crippen molar-refractivity contribution in [2.45, 2.75) is 216 Å². The lowest BCUT2D eigenvalue weighted by molar-refractivity contribution is -0.282. The van der Waals surface area contributed by atoms with Crippen LogP contribution in [0.3, 0.4) is 0 Å². The molecule has 4 aliphatic rings. The number of ether oxygens (including phenoxy) is 13. The SMILES string of the molecule is COCC(COCOP(=O)(O)OCC(COCCCOP(=O)(O)OCCCCCCO[C@@H]1OC(CO)[C@H](O)[C@H](O)C1C)(COCCCOP(=O)(O)OCCCCCCO[C@@H]1OC(CO)[C@H](O)[C@H](O)C1C)COCCCOP(=O)(O)OCCCCCCO[C@@H]1OC(CO)[C@H](O)[C@H](O)C1C)COCOP(=O)(O)O[C@H]1C[C@H](n2cnc3c(N)ncnc32)O[C@@H]1COP(C)(=O)O. The zero-order chi connectivity index (χ0) is 93.3. The molecule has 744 valence electrons. The van der Waals surface area contributed by atoms with Crippen molar-refractivity contribution in [1.82, 2.24) is 19.5 Å². The fourth-order valence-electron chi connectivity index (χ4n) is 13.2. The van der Waals surface area contributed by atoms with Crippen LogP contribution < -0.4 is 5.73 Å². The molecule has 0 radical (unpaired) electrons. The molecule has 0 aromatic carbocycles. The number of hydrogen-bond donors (Lipinski definition) is 16. The van der Waals surface area contributed by atoms with Crippen molar-refractivity contribution in [3.63, 3.8) is 0 Å². The van der Waals surface area contributed by atoms with Crippen LogP contribution in [0, 0.1) is 29.1 Å². The molecule has 0 saturated carbocycles. The quantitative estimate of drug-likeness (QED) is 0.0257. The highest BCUT2D eigenvalue weighted by Crippen LogP contribution is 2.51. The normalized spacial score (nSPS) is 29.1. The van der Waals surface area contributed by atoms with Crippen LogP contribution in [0.15, 0.2) is 12.7 Å². The maximum absolute atomic E-state index is 13.8. The predicted octanol–water partition coefficient (Wildman–Crippen LogP) is 2.94. The Hall–Kier alpha value is -1.83. The molecule has 4 saturated heterocycles. The van der Waals surface area contributed by atoms with E-state index >= 15 is 0 Å². The van der Waals surface area contributed by atoms with Crippen LogP contribution in [0.2, 0.25) is 0 Å². The standard InChI is InChI=1S/C71H135N5O45P6/c1-49-60(80)63(83)54(34-77)118-68(49)104-24-12-6-9-15-27-107-123(88,89)110-30-18-21-99-41-71(42-100-22-19-31-111-124(90,91)108-28-16-10-7-13-25-105-69-50(2)61(81)64(84)55(35-78)119-69,43-101-23-20-32-112-125(92,93)109-29-17-11-8-14-26-106-70-51(3)62(82)65(85)56(36-79)120-70)44-114-126(94,95)115-47-102-38-52(37-98-4)39-103-48-116-127(96,97)121-53-33-58(117-57(53)40-113-122(5,86)87)76-46-75-59-66(72)73-45-74-67(59)76/h45-46,49-58,60-65,68-70,77-85H,6-44,47-48H2,1-5H3,(H,86,87)(H,88,89)(H,90,91)(H,92,93)(H,94,95)(H,96,97)(H2,72,73,74)/t49?,50?,51?,52?,53-,54?,55?,56?,57+,58+,60+,61+,62+,63-,64-,65-,68+,69+,70+,71?/m0/s1. The van der Waals surface area contributed by atoms with E-state index in [2.05, 4.69) is 15.0 Å². The van der Waals surface area contributed by atoms with E-state index in [-0.39, 0.29) is 142 Å². The minimum Gasteiger partial charge on any atom is -0.394 e. The number of nitrogens with zero attached hydrogens (tertiary/aromatic N) is 4. The lowest BCUT2D eigenvalue weighted by atomic mass is 9.92. The maximum atomic E-state index is 13.8. The van der Waals surface area contributed by atoms with Crippen LogP contribution in [0.25, 0.3) is 11.2 Å². The first kappa shape index (κ1) is 114. The van der Waals surface area contributed by atoms with E-state index in [4.69, 9.17) is 117 Å². The number of imidazole rings is 1. The van der Waals surface area contributed by atoms with E-state index in [0.29, 0.717) is 77.0 Å². The molecule has 13 unspecified atom stereocenters. The maximum Gasteiger partial charge on any atom is 0.474 e. The van der Waals surface area contributed by atoms with Crippen LogP contribution in [-0.2, 0) is 139 Å². The molecule has 17 N–H and O–H groups in total. The van der Waals surface area contributed by atoms with E-state index in [0.717, 1.165) is 6.66 Å². The van der Waals surface area contributed by atoms with E-state index in [1.54, 1.807) is 20.8 Å². The van der Waals surface area contributed by atoms with Gasteiger partial charge in [0, 0.05) is 83.5 Å². The van der Waals surface area contributed by atoms with Crippen LogP contribution >= 0.6 is 46.7 Å². The number of fused-ring (bicyclic) bond motifs is 1. The van der Waals surface area contributed by atoms with Crippen LogP contribution in [-0.4, -0.2) is 360 Å². The number of methoxy groups -OCH3 is 1. The number of phosphoric ester groups is 5. The van der Waals surface area contributed by atoms with Crippen LogP contribution in [0.4, 0.5) is 5.82 Å². The van der Waals surface area contributed by atoms with Crippen molar-refractivity contribution in [2.24, 2.45) is 29.1 Å². The third kappa shape index (κ3) is 42.4. The van der Waals surface area contributed by atoms with Gasteiger partial charge in [-0.15, -0.1) is 0 Å². The Morgan fingerprint density at radius 3 is 1.18 bits per heavy atom.